The van der Waals surface area contributed by atoms with Gasteiger partial charge in [-0.25, -0.2) is 8.42 Å². The van der Waals surface area contributed by atoms with Gasteiger partial charge in [0, 0.05) is 6.42 Å². The Morgan fingerprint density at radius 1 is 1.10 bits per heavy atom. The Morgan fingerprint density at radius 2 is 1.90 bits per heavy atom. The van der Waals surface area contributed by atoms with E-state index < -0.39 is 10.0 Å². The maximum Gasteiger partial charge on any atom is 0.262 e. The van der Waals surface area contributed by atoms with E-state index >= 15 is 0 Å². The Bertz CT molecular complexity index is 753. The summed E-state index contributed by atoms with van der Waals surface area (Å²) in [5.41, 5.74) is 2.26. The van der Waals surface area contributed by atoms with Crippen LogP contribution in [0.2, 0.25) is 0 Å². The van der Waals surface area contributed by atoms with Crippen molar-refractivity contribution in [2.45, 2.75) is 18.2 Å². The SMILES string of the molecule is Cc1ccccc1S(=O)(=O)Nc1cccc2c1OCC2. The van der Waals surface area contributed by atoms with Gasteiger partial charge in [-0.15, -0.1) is 0 Å². The van der Waals surface area contributed by atoms with E-state index in [9.17, 15) is 8.42 Å². The lowest BCUT2D eigenvalue weighted by molar-refractivity contribution is 0.358. The number of fused-ring (bicyclic) bond motifs is 1. The molecule has 0 spiro atoms. The van der Waals surface area contributed by atoms with Gasteiger partial charge < -0.3 is 4.74 Å². The normalized spacial score (nSPS) is 13.7. The summed E-state index contributed by atoms with van der Waals surface area (Å²) < 4.78 is 33.0. The number of nitrogens with one attached hydrogen (secondary N) is 1. The van der Waals surface area contributed by atoms with Crippen molar-refractivity contribution in [1.29, 1.82) is 0 Å². The third-order valence-electron chi connectivity index (χ3n) is 3.34. The van der Waals surface area contributed by atoms with Crippen LogP contribution in [-0.4, -0.2) is 15.0 Å². The molecule has 0 atom stereocenters. The molecule has 0 radical (unpaired) electrons. The van der Waals surface area contributed by atoms with E-state index in [-0.39, 0.29) is 4.90 Å². The molecule has 104 valence electrons. The highest BCUT2D eigenvalue weighted by atomic mass is 32.2. The first-order valence-corrected chi connectivity index (χ1v) is 7.89. The second kappa shape index (κ2) is 4.83. The van der Waals surface area contributed by atoms with E-state index in [1.807, 2.05) is 18.2 Å². The number of rotatable bonds is 3. The number of aryl methyl sites for hydroxylation is 1. The van der Waals surface area contributed by atoms with Gasteiger partial charge in [-0.2, -0.15) is 0 Å². The van der Waals surface area contributed by atoms with Crippen molar-refractivity contribution in [2.24, 2.45) is 0 Å². The lowest BCUT2D eigenvalue weighted by atomic mass is 10.1. The van der Waals surface area contributed by atoms with Crippen LogP contribution in [0.4, 0.5) is 5.69 Å². The highest BCUT2D eigenvalue weighted by molar-refractivity contribution is 7.92. The van der Waals surface area contributed by atoms with Crippen LogP contribution in [0.5, 0.6) is 5.75 Å². The molecule has 5 heteroatoms. The first kappa shape index (κ1) is 13.0. The first-order chi connectivity index (χ1) is 9.58. The Kier molecular flexibility index (Phi) is 3.14. The average molecular weight is 289 g/mol. The van der Waals surface area contributed by atoms with Crippen LogP contribution in [0, 0.1) is 6.92 Å². The molecule has 3 rings (SSSR count). The van der Waals surface area contributed by atoms with Crippen molar-refractivity contribution >= 4 is 15.7 Å². The van der Waals surface area contributed by atoms with Crippen LogP contribution in [0.15, 0.2) is 47.4 Å². The number of hydrogen-bond acceptors (Lipinski definition) is 3. The number of sulfonamides is 1. The van der Waals surface area contributed by atoms with Gasteiger partial charge in [-0.3, -0.25) is 4.72 Å². The third kappa shape index (κ3) is 2.25. The molecule has 1 heterocycles. The average Bonchev–Trinajstić information content (AvgIpc) is 2.88. The quantitative estimate of drug-likeness (QED) is 0.945. The molecule has 0 amide bonds. The van der Waals surface area contributed by atoms with E-state index in [1.165, 1.54) is 0 Å². The molecule has 0 saturated heterocycles. The summed E-state index contributed by atoms with van der Waals surface area (Å²) in [5, 5.41) is 0. The summed E-state index contributed by atoms with van der Waals surface area (Å²) in [4.78, 5) is 0.288. The minimum atomic E-state index is -3.60. The van der Waals surface area contributed by atoms with Crippen molar-refractivity contribution in [1.82, 2.24) is 0 Å². The fourth-order valence-electron chi connectivity index (χ4n) is 2.35. The first-order valence-electron chi connectivity index (χ1n) is 6.41. The second-order valence-corrected chi connectivity index (χ2v) is 6.41. The minimum Gasteiger partial charge on any atom is -0.491 e. The molecule has 1 N–H and O–H groups in total. The van der Waals surface area contributed by atoms with Crippen LogP contribution in [0.1, 0.15) is 11.1 Å². The predicted molar refractivity (Wildman–Crippen MR) is 77.6 cm³/mol. The predicted octanol–water partition coefficient (Wildman–Crippen LogP) is 2.73. The number of anilines is 1. The van der Waals surface area contributed by atoms with Crippen LogP contribution in [0.3, 0.4) is 0 Å². The fourth-order valence-corrected chi connectivity index (χ4v) is 3.66. The summed E-state index contributed by atoms with van der Waals surface area (Å²) >= 11 is 0. The van der Waals surface area contributed by atoms with Crippen LogP contribution in [-0.2, 0) is 16.4 Å². The topological polar surface area (TPSA) is 55.4 Å². The van der Waals surface area contributed by atoms with E-state index in [0.717, 1.165) is 12.0 Å². The standard InChI is InChI=1S/C15H15NO3S/c1-11-5-2-3-8-14(11)20(17,18)16-13-7-4-6-12-9-10-19-15(12)13/h2-8,16H,9-10H2,1H3. The second-order valence-electron chi connectivity index (χ2n) is 4.76. The number of para-hydroxylation sites is 1. The van der Waals surface area contributed by atoms with Gasteiger partial charge in [-0.05, 0) is 30.2 Å². The molecule has 0 fully saturated rings. The van der Waals surface area contributed by atoms with Gasteiger partial charge in [0.15, 0.2) is 0 Å². The van der Waals surface area contributed by atoms with Crippen molar-refractivity contribution in [3.63, 3.8) is 0 Å². The zero-order chi connectivity index (χ0) is 14.2. The minimum absolute atomic E-state index is 0.288. The molecule has 20 heavy (non-hydrogen) atoms. The highest BCUT2D eigenvalue weighted by Crippen LogP contribution is 2.34. The van der Waals surface area contributed by atoms with Gasteiger partial charge in [0.2, 0.25) is 0 Å². The largest absolute Gasteiger partial charge is 0.491 e. The van der Waals surface area contributed by atoms with Crippen LogP contribution < -0.4 is 9.46 Å². The van der Waals surface area contributed by atoms with Gasteiger partial charge in [0.1, 0.15) is 5.75 Å². The Hall–Kier alpha value is -2.01. The maximum atomic E-state index is 12.5. The molecular formula is C15H15NO3S. The van der Waals surface area contributed by atoms with E-state index in [0.29, 0.717) is 23.6 Å². The fraction of sp³-hybridized carbons (Fsp3) is 0.200. The van der Waals surface area contributed by atoms with Crippen molar-refractivity contribution in [2.75, 3.05) is 11.3 Å². The van der Waals surface area contributed by atoms with Crippen molar-refractivity contribution in [3.8, 4) is 5.75 Å². The smallest absolute Gasteiger partial charge is 0.262 e. The highest BCUT2D eigenvalue weighted by Gasteiger charge is 2.21. The van der Waals surface area contributed by atoms with Crippen LogP contribution in [0.25, 0.3) is 0 Å². The summed E-state index contributed by atoms with van der Waals surface area (Å²) in [6, 6.07) is 12.4. The molecule has 1 aliphatic heterocycles. The zero-order valence-electron chi connectivity index (χ0n) is 11.1. The maximum absolute atomic E-state index is 12.5. The zero-order valence-corrected chi connectivity index (χ0v) is 11.9. The summed E-state index contributed by atoms with van der Waals surface area (Å²) in [6.45, 7) is 2.37. The van der Waals surface area contributed by atoms with Crippen LogP contribution >= 0.6 is 0 Å². The molecule has 2 aromatic carbocycles. The molecule has 2 aromatic rings. The van der Waals surface area contributed by atoms with Crippen molar-refractivity contribution < 1.29 is 13.2 Å². The summed E-state index contributed by atoms with van der Waals surface area (Å²) in [6.07, 6.45) is 0.815. The molecule has 0 bridgehead atoms. The molecule has 4 nitrogen and oxygen atoms in total. The molecule has 0 saturated carbocycles. The number of benzene rings is 2. The van der Waals surface area contributed by atoms with E-state index in [1.54, 1.807) is 31.2 Å². The van der Waals surface area contributed by atoms with E-state index in [2.05, 4.69) is 4.72 Å². The van der Waals surface area contributed by atoms with Gasteiger partial charge in [0.05, 0.1) is 17.2 Å². The monoisotopic (exact) mass is 289 g/mol. The summed E-state index contributed by atoms with van der Waals surface area (Å²) in [5.74, 6) is 0.643. The molecular weight excluding hydrogens is 274 g/mol. The number of ether oxygens (including phenoxy) is 1. The Balaban J connectivity index is 2.00. The van der Waals surface area contributed by atoms with Gasteiger partial charge >= 0.3 is 0 Å². The Labute approximate surface area is 118 Å². The molecule has 0 unspecified atom stereocenters. The van der Waals surface area contributed by atoms with Gasteiger partial charge in [0.25, 0.3) is 10.0 Å². The Morgan fingerprint density at radius 3 is 2.70 bits per heavy atom. The summed E-state index contributed by atoms with van der Waals surface area (Å²) in [7, 11) is -3.60. The molecule has 0 aliphatic carbocycles. The number of hydrogen-bond donors (Lipinski definition) is 1. The van der Waals surface area contributed by atoms with Crippen molar-refractivity contribution in [3.05, 3.63) is 53.6 Å². The molecule has 0 aromatic heterocycles. The molecule has 1 aliphatic rings. The lowest BCUT2D eigenvalue weighted by Crippen LogP contribution is -2.14. The lowest BCUT2D eigenvalue weighted by Gasteiger charge is -2.12. The third-order valence-corrected chi connectivity index (χ3v) is 4.87. The van der Waals surface area contributed by atoms with Gasteiger partial charge in [-0.1, -0.05) is 30.3 Å². The van der Waals surface area contributed by atoms with E-state index in [4.69, 9.17) is 4.74 Å².